The summed E-state index contributed by atoms with van der Waals surface area (Å²) in [6, 6.07) is 6.04. The van der Waals surface area contributed by atoms with Gasteiger partial charge in [-0.2, -0.15) is 0 Å². The Hall–Kier alpha value is -0.580. The zero-order chi connectivity index (χ0) is 11.5. The molecule has 5 heteroatoms. The fourth-order valence-corrected chi connectivity index (χ4v) is 2.86. The average molecular weight is 318 g/mol. The molecule has 0 spiro atoms. The molecule has 0 saturated carbocycles. The van der Waals surface area contributed by atoms with Crippen LogP contribution >= 0.6 is 38.9 Å². The third-order valence-electron chi connectivity index (χ3n) is 2.20. The molecule has 1 N–H and O–H groups in total. The first-order chi connectivity index (χ1) is 7.66. The Balaban J connectivity index is 2.17. The van der Waals surface area contributed by atoms with Gasteiger partial charge in [0.05, 0.1) is 6.04 Å². The zero-order valence-corrected chi connectivity index (χ0v) is 11.7. The Morgan fingerprint density at radius 3 is 2.94 bits per heavy atom. The van der Waals surface area contributed by atoms with Crippen molar-refractivity contribution in [2.45, 2.75) is 13.0 Å². The Bertz CT molecular complexity index is 473. The Labute approximate surface area is 112 Å². The molecule has 1 unspecified atom stereocenters. The molecule has 1 aromatic carbocycles. The van der Waals surface area contributed by atoms with E-state index in [4.69, 9.17) is 11.6 Å². The predicted molar refractivity (Wildman–Crippen MR) is 73.3 cm³/mol. The Kier molecular flexibility index (Phi) is 3.84. The normalized spacial score (nSPS) is 12.4. The highest BCUT2D eigenvalue weighted by Gasteiger charge is 2.10. The molecule has 0 fully saturated rings. The first kappa shape index (κ1) is 11.9. The van der Waals surface area contributed by atoms with Gasteiger partial charge in [-0.1, -0.05) is 33.6 Å². The Morgan fingerprint density at radius 1 is 1.50 bits per heavy atom. The first-order valence-electron chi connectivity index (χ1n) is 4.78. The van der Waals surface area contributed by atoms with Gasteiger partial charge in [-0.15, -0.1) is 11.3 Å². The second-order valence-electron chi connectivity index (χ2n) is 3.37. The third-order valence-corrected chi connectivity index (χ3v) is 3.73. The van der Waals surface area contributed by atoms with E-state index in [1.165, 1.54) is 0 Å². The molecule has 2 rings (SSSR count). The first-order valence-corrected chi connectivity index (χ1v) is 6.83. The molecule has 0 aliphatic rings. The van der Waals surface area contributed by atoms with Crippen molar-refractivity contribution in [1.82, 2.24) is 4.98 Å². The van der Waals surface area contributed by atoms with Gasteiger partial charge >= 0.3 is 0 Å². The van der Waals surface area contributed by atoms with E-state index in [1.807, 2.05) is 23.6 Å². The van der Waals surface area contributed by atoms with Gasteiger partial charge in [-0.3, -0.25) is 0 Å². The van der Waals surface area contributed by atoms with E-state index in [9.17, 15) is 0 Å². The maximum atomic E-state index is 6.18. The summed E-state index contributed by atoms with van der Waals surface area (Å²) in [7, 11) is 0. The maximum Gasteiger partial charge on any atom is 0.183 e. The fraction of sp³-hybridized carbons (Fsp3) is 0.182. The number of hydrogen-bond donors (Lipinski definition) is 1. The van der Waals surface area contributed by atoms with E-state index < -0.39 is 0 Å². The summed E-state index contributed by atoms with van der Waals surface area (Å²) in [4.78, 5) is 4.18. The molecular weight excluding hydrogens is 308 g/mol. The highest BCUT2D eigenvalue weighted by atomic mass is 79.9. The van der Waals surface area contributed by atoms with Crippen molar-refractivity contribution in [3.05, 3.63) is 44.8 Å². The largest absolute Gasteiger partial charge is 0.355 e. The molecule has 0 aliphatic heterocycles. The van der Waals surface area contributed by atoms with E-state index in [2.05, 4.69) is 33.2 Å². The van der Waals surface area contributed by atoms with E-state index in [1.54, 1.807) is 17.5 Å². The number of nitrogens with one attached hydrogen (secondary N) is 1. The molecule has 1 aromatic heterocycles. The number of benzene rings is 1. The van der Waals surface area contributed by atoms with Crippen LogP contribution in [0.15, 0.2) is 34.2 Å². The monoisotopic (exact) mass is 316 g/mol. The second-order valence-corrected chi connectivity index (χ2v) is 5.59. The van der Waals surface area contributed by atoms with Crippen LogP contribution in [0.4, 0.5) is 5.13 Å². The van der Waals surface area contributed by atoms with Crippen LogP contribution in [-0.4, -0.2) is 4.98 Å². The van der Waals surface area contributed by atoms with Crippen molar-refractivity contribution < 1.29 is 0 Å². The SMILES string of the molecule is CC(Nc1nccs1)c1ccc(Br)cc1Cl. The lowest BCUT2D eigenvalue weighted by Crippen LogP contribution is -2.06. The fourth-order valence-electron chi connectivity index (χ4n) is 1.41. The van der Waals surface area contributed by atoms with Crippen LogP contribution < -0.4 is 5.32 Å². The minimum absolute atomic E-state index is 0.145. The van der Waals surface area contributed by atoms with Gasteiger partial charge in [-0.05, 0) is 24.6 Å². The van der Waals surface area contributed by atoms with Gasteiger partial charge in [0.1, 0.15) is 0 Å². The molecule has 16 heavy (non-hydrogen) atoms. The lowest BCUT2D eigenvalue weighted by Gasteiger charge is -2.14. The van der Waals surface area contributed by atoms with Crippen LogP contribution in [0.5, 0.6) is 0 Å². The minimum atomic E-state index is 0.145. The van der Waals surface area contributed by atoms with Crippen molar-refractivity contribution in [2.75, 3.05) is 5.32 Å². The van der Waals surface area contributed by atoms with Gasteiger partial charge in [0.25, 0.3) is 0 Å². The number of hydrogen-bond acceptors (Lipinski definition) is 3. The number of rotatable bonds is 3. The van der Waals surface area contributed by atoms with Crippen LogP contribution in [0, 0.1) is 0 Å². The summed E-state index contributed by atoms with van der Waals surface area (Å²) in [5.41, 5.74) is 1.07. The topological polar surface area (TPSA) is 24.9 Å². The van der Waals surface area contributed by atoms with E-state index in [0.29, 0.717) is 0 Å². The predicted octanol–water partition coefficient (Wildman–Crippen LogP) is 4.73. The molecule has 0 radical (unpaired) electrons. The summed E-state index contributed by atoms with van der Waals surface area (Å²) >= 11 is 11.1. The summed E-state index contributed by atoms with van der Waals surface area (Å²) in [6.45, 7) is 2.07. The van der Waals surface area contributed by atoms with Gasteiger partial charge in [0.2, 0.25) is 0 Å². The van der Waals surface area contributed by atoms with Crippen LogP contribution in [0.2, 0.25) is 5.02 Å². The number of aromatic nitrogens is 1. The standard InChI is InChI=1S/C11H10BrClN2S/c1-7(15-11-14-4-5-16-11)9-3-2-8(12)6-10(9)13/h2-7H,1H3,(H,14,15). The molecule has 0 bridgehead atoms. The van der Waals surface area contributed by atoms with Gasteiger partial charge in [0, 0.05) is 21.1 Å². The van der Waals surface area contributed by atoms with Crippen LogP contribution in [0.25, 0.3) is 0 Å². The van der Waals surface area contributed by atoms with E-state index in [-0.39, 0.29) is 6.04 Å². The minimum Gasteiger partial charge on any atom is -0.355 e. The van der Waals surface area contributed by atoms with Gasteiger partial charge < -0.3 is 5.32 Å². The highest BCUT2D eigenvalue weighted by molar-refractivity contribution is 9.10. The lowest BCUT2D eigenvalue weighted by atomic mass is 10.1. The number of nitrogens with zero attached hydrogens (tertiary/aromatic N) is 1. The lowest BCUT2D eigenvalue weighted by molar-refractivity contribution is 0.881. The number of anilines is 1. The summed E-state index contributed by atoms with van der Waals surface area (Å²) < 4.78 is 0.989. The van der Waals surface area contributed by atoms with E-state index in [0.717, 1.165) is 20.2 Å². The quantitative estimate of drug-likeness (QED) is 0.885. The molecule has 2 aromatic rings. The summed E-state index contributed by atoms with van der Waals surface area (Å²) in [5.74, 6) is 0. The van der Waals surface area contributed by atoms with Crippen LogP contribution in [0.3, 0.4) is 0 Å². The molecule has 2 nitrogen and oxygen atoms in total. The zero-order valence-electron chi connectivity index (χ0n) is 8.58. The summed E-state index contributed by atoms with van der Waals surface area (Å²) in [5, 5.41) is 6.91. The molecule has 0 amide bonds. The highest BCUT2D eigenvalue weighted by Crippen LogP contribution is 2.28. The van der Waals surface area contributed by atoms with Crippen molar-refractivity contribution in [2.24, 2.45) is 0 Å². The smallest absolute Gasteiger partial charge is 0.183 e. The third kappa shape index (κ3) is 2.75. The molecular formula is C11H10BrClN2S. The van der Waals surface area contributed by atoms with Crippen LogP contribution in [-0.2, 0) is 0 Å². The van der Waals surface area contributed by atoms with Gasteiger partial charge in [-0.25, -0.2) is 4.98 Å². The number of thiazole rings is 1. The molecule has 1 atom stereocenters. The second kappa shape index (κ2) is 5.17. The van der Waals surface area contributed by atoms with Crippen molar-refractivity contribution in [3.63, 3.8) is 0 Å². The Morgan fingerprint density at radius 2 is 2.31 bits per heavy atom. The van der Waals surface area contributed by atoms with Crippen LogP contribution in [0.1, 0.15) is 18.5 Å². The summed E-state index contributed by atoms with van der Waals surface area (Å²) in [6.07, 6.45) is 1.78. The average Bonchev–Trinajstić information content (AvgIpc) is 2.70. The molecule has 1 heterocycles. The molecule has 84 valence electrons. The van der Waals surface area contributed by atoms with Crippen molar-refractivity contribution >= 4 is 44.0 Å². The van der Waals surface area contributed by atoms with Crippen molar-refractivity contribution in [1.29, 1.82) is 0 Å². The van der Waals surface area contributed by atoms with E-state index >= 15 is 0 Å². The van der Waals surface area contributed by atoms with Gasteiger partial charge in [0.15, 0.2) is 5.13 Å². The van der Waals surface area contributed by atoms with Crippen molar-refractivity contribution in [3.8, 4) is 0 Å². The number of halogens is 2. The molecule has 0 aliphatic carbocycles. The maximum absolute atomic E-state index is 6.18. The molecule has 0 saturated heterocycles.